The van der Waals surface area contributed by atoms with Gasteiger partial charge in [0.15, 0.2) is 5.58 Å². The smallest absolute Gasteiger partial charge is 0.236 e. The van der Waals surface area contributed by atoms with Crippen LogP contribution >= 0.6 is 0 Å². The van der Waals surface area contributed by atoms with E-state index in [2.05, 4.69) is 88.4 Å². The highest BCUT2D eigenvalue weighted by molar-refractivity contribution is 6.28. The van der Waals surface area contributed by atoms with E-state index in [1.807, 2.05) is 36.5 Å². The summed E-state index contributed by atoms with van der Waals surface area (Å²) in [6, 6.07) is 37.9. The van der Waals surface area contributed by atoms with Gasteiger partial charge in [0.1, 0.15) is 16.8 Å². The maximum absolute atomic E-state index is 6.34. The first-order chi connectivity index (χ1) is 19.8. The number of fused-ring (bicyclic) bond motifs is 10. The third-order valence-corrected chi connectivity index (χ3v) is 7.89. The first kappa shape index (κ1) is 21.4. The zero-order chi connectivity index (χ0) is 26.2. The predicted octanol–water partition coefficient (Wildman–Crippen LogP) is 8.84. The first-order valence-electron chi connectivity index (χ1n) is 13.3. The maximum Gasteiger partial charge on any atom is 0.236 e. The molecule has 0 aliphatic carbocycles. The van der Waals surface area contributed by atoms with Crippen LogP contribution in [0.4, 0.5) is 0 Å². The average molecular weight is 513 g/mol. The highest BCUT2D eigenvalue weighted by Gasteiger charge is 2.22. The van der Waals surface area contributed by atoms with Gasteiger partial charge in [-0.3, -0.25) is 9.55 Å². The lowest BCUT2D eigenvalue weighted by Gasteiger charge is -2.09. The van der Waals surface area contributed by atoms with E-state index >= 15 is 0 Å². The van der Waals surface area contributed by atoms with Crippen LogP contribution < -0.4 is 0 Å². The monoisotopic (exact) mass is 512 g/mol. The molecule has 0 N–H and O–H groups in total. The molecule has 0 saturated heterocycles. The molecule has 40 heavy (non-hydrogen) atoms. The number of rotatable bonds is 2. The summed E-state index contributed by atoms with van der Waals surface area (Å²) in [6.45, 7) is 0. The van der Waals surface area contributed by atoms with Gasteiger partial charge in [0.05, 0.1) is 11.0 Å². The predicted molar refractivity (Wildman–Crippen MR) is 162 cm³/mol. The number of hydrogen-bond acceptors (Lipinski definition) is 4. The number of pyridine rings is 1. The minimum Gasteiger partial charge on any atom is -0.452 e. The van der Waals surface area contributed by atoms with Gasteiger partial charge in [-0.05, 0) is 57.9 Å². The summed E-state index contributed by atoms with van der Waals surface area (Å²) < 4.78 is 8.54. The van der Waals surface area contributed by atoms with Gasteiger partial charge in [0, 0.05) is 34.1 Å². The standard InChI is InChI=1S/C35H20N4O/c1-3-11-24-21(8-1)15-17-27-30(24)31-25-12-4-2-9-22(25)16-18-28(31)39(27)35-37-32(23-10-7-19-36-20-23)34-33(38-35)26-13-5-6-14-29(26)40-34/h1-20H. The molecular formula is C35H20N4O. The van der Waals surface area contributed by atoms with Gasteiger partial charge in [0.25, 0.3) is 0 Å². The normalized spacial score (nSPS) is 12.0. The maximum atomic E-state index is 6.34. The molecule has 0 bridgehead atoms. The van der Waals surface area contributed by atoms with Crippen molar-refractivity contribution >= 4 is 65.4 Å². The number of aromatic nitrogens is 4. The molecule has 186 valence electrons. The Morgan fingerprint density at radius 2 is 1.23 bits per heavy atom. The van der Waals surface area contributed by atoms with Crippen molar-refractivity contribution in [3.63, 3.8) is 0 Å². The molecule has 0 fully saturated rings. The summed E-state index contributed by atoms with van der Waals surface area (Å²) in [5, 5.41) is 8.19. The molecular weight excluding hydrogens is 492 g/mol. The van der Waals surface area contributed by atoms with Gasteiger partial charge in [-0.25, -0.2) is 9.97 Å². The second-order valence-corrected chi connectivity index (χ2v) is 10.1. The van der Waals surface area contributed by atoms with Gasteiger partial charge in [0.2, 0.25) is 5.95 Å². The highest BCUT2D eigenvalue weighted by Crippen LogP contribution is 2.41. The number of hydrogen-bond donors (Lipinski definition) is 0. The fourth-order valence-electron chi connectivity index (χ4n) is 6.14. The molecule has 4 heterocycles. The van der Waals surface area contributed by atoms with E-state index in [0.717, 1.165) is 38.8 Å². The van der Waals surface area contributed by atoms with Crippen molar-refractivity contribution in [1.82, 2.24) is 19.5 Å². The second kappa shape index (κ2) is 7.98. The van der Waals surface area contributed by atoms with Crippen LogP contribution in [0.15, 0.2) is 126 Å². The van der Waals surface area contributed by atoms with Crippen molar-refractivity contribution in [2.45, 2.75) is 0 Å². The molecule has 0 unspecified atom stereocenters. The van der Waals surface area contributed by atoms with Crippen molar-refractivity contribution in [2.24, 2.45) is 0 Å². The summed E-state index contributed by atoms with van der Waals surface area (Å²) in [5.74, 6) is 0.600. The Labute approximate surface area is 228 Å². The fourth-order valence-corrected chi connectivity index (χ4v) is 6.14. The molecule has 0 aliphatic rings. The lowest BCUT2D eigenvalue weighted by atomic mass is 10.00. The molecule has 5 aromatic carbocycles. The topological polar surface area (TPSA) is 56.7 Å². The van der Waals surface area contributed by atoms with E-state index in [9.17, 15) is 0 Å². The van der Waals surface area contributed by atoms with Crippen LogP contribution in [0, 0.1) is 0 Å². The van der Waals surface area contributed by atoms with Crippen LogP contribution in [0.2, 0.25) is 0 Å². The van der Waals surface area contributed by atoms with Crippen molar-refractivity contribution in [3.8, 4) is 17.2 Å². The molecule has 9 rings (SSSR count). The molecule has 9 aromatic rings. The van der Waals surface area contributed by atoms with Gasteiger partial charge < -0.3 is 4.42 Å². The quantitative estimate of drug-likeness (QED) is 0.232. The van der Waals surface area contributed by atoms with Crippen molar-refractivity contribution < 1.29 is 4.42 Å². The van der Waals surface area contributed by atoms with Crippen LogP contribution in [0.25, 0.3) is 82.6 Å². The molecule has 5 heteroatoms. The van der Waals surface area contributed by atoms with Crippen LogP contribution in [0.1, 0.15) is 0 Å². The molecule has 0 saturated carbocycles. The van der Waals surface area contributed by atoms with Crippen LogP contribution in [0.5, 0.6) is 0 Å². The van der Waals surface area contributed by atoms with Gasteiger partial charge in [-0.15, -0.1) is 0 Å². The Morgan fingerprint density at radius 1 is 0.575 bits per heavy atom. The van der Waals surface area contributed by atoms with E-state index in [0.29, 0.717) is 11.5 Å². The first-order valence-corrected chi connectivity index (χ1v) is 13.3. The Balaban J connectivity index is 1.50. The van der Waals surface area contributed by atoms with Crippen molar-refractivity contribution in [1.29, 1.82) is 0 Å². The number of nitrogens with zero attached hydrogens (tertiary/aromatic N) is 4. The zero-order valence-corrected chi connectivity index (χ0v) is 21.2. The summed E-state index contributed by atoms with van der Waals surface area (Å²) in [5.41, 5.74) is 5.97. The summed E-state index contributed by atoms with van der Waals surface area (Å²) in [6.07, 6.45) is 3.59. The van der Waals surface area contributed by atoms with E-state index in [-0.39, 0.29) is 0 Å². The van der Waals surface area contributed by atoms with E-state index < -0.39 is 0 Å². The molecule has 5 nitrogen and oxygen atoms in total. The largest absolute Gasteiger partial charge is 0.452 e. The number of furan rings is 1. The van der Waals surface area contributed by atoms with Crippen LogP contribution in [-0.2, 0) is 0 Å². The number of para-hydroxylation sites is 1. The number of benzene rings is 5. The van der Waals surface area contributed by atoms with E-state index in [1.165, 1.54) is 32.3 Å². The molecule has 0 aliphatic heterocycles. The lowest BCUT2D eigenvalue weighted by molar-refractivity contribution is 0.666. The SMILES string of the molecule is c1cncc(-c2nc(-n3c4ccc5ccccc5c4c4c5ccccc5ccc43)nc3c2oc2ccccc23)c1. The summed E-state index contributed by atoms with van der Waals surface area (Å²) in [7, 11) is 0. The van der Waals surface area contributed by atoms with Crippen molar-refractivity contribution in [3.05, 3.63) is 122 Å². The Kier molecular flexibility index (Phi) is 4.27. The van der Waals surface area contributed by atoms with Gasteiger partial charge in [-0.2, -0.15) is 0 Å². The molecule has 0 spiro atoms. The lowest BCUT2D eigenvalue weighted by Crippen LogP contribution is -2.03. The third kappa shape index (κ3) is 2.89. The summed E-state index contributed by atoms with van der Waals surface area (Å²) in [4.78, 5) is 14.8. The Morgan fingerprint density at radius 3 is 1.90 bits per heavy atom. The summed E-state index contributed by atoms with van der Waals surface area (Å²) >= 11 is 0. The second-order valence-electron chi connectivity index (χ2n) is 10.1. The van der Waals surface area contributed by atoms with E-state index in [1.54, 1.807) is 6.20 Å². The fraction of sp³-hybridized carbons (Fsp3) is 0. The van der Waals surface area contributed by atoms with Crippen molar-refractivity contribution in [2.75, 3.05) is 0 Å². The Hall–Kier alpha value is -5.55. The van der Waals surface area contributed by atoms with E-state index in [4.69, 9.17) is 14.4 Å². The van der Waals surface area contributed by atoms with Gasteiger partial charge >= 0.3 is 0 Å². The van der Waals surface area contributed by atoms with Gasteiger partial charge in [-0.1, -0.05) is 72.8 Å². The molecule has 4 aromatic heterocycles. The minimum absolute atomic E-state index is 0.600. The molecule has 0 radical (unpaired) electrons. The third-order valence-electron chi connectivity index (χ3n) is 7.89. The zero-order valence-electron chi connectivity index (χ0n) is 21.2. The molecule has 0 amide bonds. The molecule has 0 atom stereocenters. The van der Waals surface area contributed by atoms with Crippen LogP contribution in [0.3, 0.4) is 0 Å². The average Bonchev–Trinajstić information content (AvgIpc) is 3.57. The minimum atomic E-state index is 0.600. The Bertz CT molecular complexity index is 2340. The highest BCUT2D eigenvalue weighted by atomic mass is 16.3. The van der Waals surface area contributed by atoms with Crippen LogP contribution in [-0.4, -0.2) is 19.5 Å².